The van der Waals surface area contributed by atoms with Gasteiger partial charge in [-0.05, 0) is 65.9 Å². The predicted molar refractivity (Wildman–Crippen MR) is 97.9 cm³/mol. The zero-order valence-electron chi connectivity index (χ0n) is 14.2. The lowest BCUT2D eigenvalue weighted by Crippen LogP contribution is -2.49. The molecule has 2 aliphatic heterocycles. The minimum atomic E-state index is -0.202. The van der Waals surface area contributed by atoms with Crippen LogP contribution in [-0.2, 0) is 24.3 Å². The molecule has 0 bridgehead atoms. The largest absolute Gasteiger partial charge is 0.341 e. The highest BCUT2D eigenvalue weighted by Gasteiger charge is 2.44. The molecule has 3 heterocycles. The fraction of sp³-hybridized carbons (Fsp3) is 0.450. The zero-order chi connectivity index (χ0) is 16.6. The number of rotatable bonds is 2. The van der Waals surface area contributed by atoms with E-state index in [9.17, 15) is 4.79 Å². The first-order valence-electron chi connectivity index (χ1n) is 8.72. The van der Waals surface area contributed by atoms with Crippen LogP contribution >= 0.6 is 11.3 Å². The average molecular weight is 340 g/mol. The van der Waals surface area contributed by atoms with Crippen molar-refractivity contribution in [2.45, 2.75) is 32.4 Å². The van der Waals surface area contributed by atoms with E-state index in [1.54, 1.807) is 11.3 Å². The van der Waals surface area contributed by atoms with Crippen molar-refractivity contribution in [3.8, 4) is 0 Å². The van der Waals surface area contributed by atoms with Crippen molar-refractivity contribution in [2.24, 2.45) is 5.41 Å². The number of fused-ring (bicyclic) bond motifs is 1. The van der Waals surface area contributed by atoms with Crippen LogP contribution in [0.25, 0.3) is 0 Å². The maximum Gasteiger partial charge on any atom is 0.229 e. The van der Waals surface area contributed by atoms with Crippen molar-refractivity contribution in [1.29, 1.82) is 0 Å². The third-order valence-electron chi connectivity index (χ3n) is 5.65. The van der Waals surface area contributed by atoms with Crippen LogP contribution in [0.15, 0.2) is 41.1 Å². The van der Waals surface area contributed by atoms with Crippen LogP contribution < -0.4 is 0 Å². The van der Waals surface area contributed by atoms with E-state index in [0.29, 0.717) is 5.91 Å². The van der Waals surface area contributed by atoms with Gasteiger partial charge in [-0.1, -0.05) is 24.3 Å². The van der Waals surface area contributed by atoms with E-state index in [1.807, 2.05) is 11.9 Å². The quantitative estimate of drug-likeness (QED) is 0.835. The number of thiophene rings is 1. The summed E-state index contributed by atoms with van der Waals surface area (Å²) >= 11 is 1.76. The molecule has 0 radical (unpaired) electrons. The fourth-order valence-corrected chi connectivity index (χ4v) is 4.89. The summed E-state index contributed by atoms with van der Waals surface area (Å²) in [6.07, 6.45) is 2.84. The van der Waals surface area contributed by atoms with Gasteiger partial charge in [0.2, 0.25) is 5.91 Å². The Balaban J connectivity index is 1.53. The fourth-order valence-electron chi connectivity index (χ4n) is 4.23. The standard InChI is InChI=1S/C20H24N2OS/c1-21-14-18-5-3-2-4-17(18)12-20(19(21)23)7-9-22(10-8-20)13-16-6-11-24-15-16/h2-6,11,15H,7-10,12-14H2,1H3. The lowest BCUT2D eigenvalue weighted by Gasteiger charge is -2.41. The number of hydrogen-bond acceptors (Lipinski definition) is 3. The minimum absolute atomic E-state index is 0.202. The summed E-state index contributed by atoms with van der Waals surface area (Å²) in [4.78, 5) is 17.6. The maximum absolute atomic E-state index is 13.1. The Hall–Kier alpha value is -1.65. The molecule has 1 fully saturated rings. The molecule has 0 N–H and O–H groups in total. The molecule has 4 rings (SSSR count). The van der Waals surface area contributed by atoms with E-state index in [0.717, 1.165) is 45.4 Å². The molecule has 1 amide bonds. The van der Waals surface area contributed by atoms with Gasteiger partial charge in [-0.15, -0.1) is 0 Å². The minimum Gasteiger partial charge on any atom is -0.341 e. The average Bonchev–Trinajstić information content (AvgIpc) is 3.07. The normalized spacial score (nSPS) is 20.9. The smallest absolute Gasteiger partial charge is 0.229 e. The first kappa shape index (κ1) is 15.9. The Bertz CT molecular complexity index is 717. The van der Waals surface area contributed by atoms with Crippen molar-refractivity contribution in [3.05, 3.63) is 57.8 Å². The number of likely N-dealkylation sites (tertiary alicyclic amines) is 1. The predicted octanol–water partition coefficient (Wildman–Crippen LogP) is 3.55. The van der Waals surface area contributed by atoms with Gasteiger partial charge in [0.15, 0.2) is 0 Å². The number of hydrogen-bond donors (Lipinski definition) is 0. The number of piperidine rings is 1. The second-order valence-electron chi connectivity index (χ2n) is 7.29. The van der Waals surface area contributed by atoms with E-state index in [4.69, 9.17) is 0 Å². The summed E-state index contributed by atoms with van der Waals surface area (Å²) in [6.45, 7) is 3.78. The van der Waals surface area contributed by atoms with E-state index < -0.39 is 0 Å². The Morgan fingerprint density at radius 3 is 2.58 bits per heavy atom. The van der Waals surface area contributed by atoms with E-state index >= 15 is 0 Å². The van der Waals surface area contributed by atoms with Crippen LogP contribution in [0.5, 0.6) is 0 Å². The molecule has 3 nitrogen and oxygen atoms in total. The van der Waals surface area contributed by atoms with E-state index in [-0.39, 0.29) is 5.41 Å². The van der Waals surface area contributed by atoms with Gasteiger partial charge in [-0.2, -0.15) is 11.3 Å². The molecule has 1 aromatic carbocycles. The molecule has 2 aromatic rings. The Morgan fingerprint density at radius 1 is 1.12 bits per heavy atom. The highest BCUT2D eigenvalue weighted by atomic mass is 32.1. The second-order valence-corrected chi connectivity index (χ2v) is 8.07. The second kappa shape index (κ2) is 6.34. The van der Waals surface area contributed by atoms with Crippen LogP contribution in [0, 0.1) is 5.41 Å². The van der Waals surface area contributed by atoms with Gasteiger partial charge in [-0.25, -0.2) is 0 Å². The van der Waals surface area contributed by atoms with Gasteiger partial charge in [0, 0.05) is 20.1 Å². The first-order chi connectivity index (χ1) is 11.7. The van der Waals surface area contributed by atoms with Crippen molar-refractivity contribution in [3.63, 3.8) is 0 Å². The van der Waals surface area contributed by atoms with Gasteiger partial charge in [-0.3, -0.25) is 9.69 Å². The lowest BCUT2D eigenvalue weighted by molar-refractivity contribution is -0.143. The number of carbonyl (C=O) groups is 1. The van der Waals surface area contributed by atoms with Crippen LogP contribution in [0.2, 0.25) is 0 Å². The van der Waals surface area contributed by atoms with Gasteiger partial charge in [0.25, 0.3) is 0 Å². The van der Waals surface area contributed by atoms with Gasteiger partial charge in [0.05, 0.1) is 5.41 Å². The zero-order valence-corrected chi connectivity index (χ0v) is 15.0. The summed E-state index contributed by atoms with van der Waals surface area (Å²) in [6, 6.07) is 10.8. The van der Waals surface area contributed by atoms with Crippen molar-refractivity contribution < 1.29 is 4.79 Å². The molecule has 0 aliphatic carbocycles. The van der Waals surface area contributed by atoms with Crippen LogP contribution in [-0.4, -0.2) is 35.8 Å². The first-order valence-corrected chi connectivity index (χ1v) is 9.66. The Labute approximate surface area is 147 Å². The summed E-state index contributed by atoms with van der Waals surface area (Å²) in [7, 11) is 1.96. The Morgan fingerprint density at radius 2 is 1.88 bits per heavy atom. The molecule has 0 unspecified atom stereocenters. The maximum atomic E-state index is 13.1. The summed E-state index contributed by atoms with van der Waals surface area (Å²) in [5, 5.41) is 4.37. The van der Waals surface area contributed by atoms with Crippen molar-refractivity contribution >= 4 is 17.2 Å². The van der Waals surface area contributed by atoms with E-state index in [1.165, 1.54) is 16.7 Å². The topological polar surface area (TPSA) is 23.6 Å². The third kappa shape index (κ3) is 2.89. The molecule has 126 valence electrons. The van der Waals surface area contributed by atoms with Crippen LogP contribution in [0.4, 0.5) is 0 Å². The van der Waals surface area contributed by atoms with Gasteiger partial charge >= 0.3 is 0 Å². The molecule has 0 atom stereocenters. The number of nitrogens with zero attached hydrogens (tertiary/aromatic N) is 2. The van der Waals surface area contributed by atoms with Crippen molar-refractivity contribution in [1.82, 2.24) is 9.80 Å². The SMILES string of the molecule is CN1Cc2ccccc2CC2(CCN(Cc3ccsc3)CC2)C1=O. The molecule has 1 aromatic heterocycles. The number of amides is 1. The molecule has 2 aliphatic rings. The van der Waals surface area contributed by atoms with Gasteiger partial charge < -0.3 is 4.90 Å². The number of benzene rings is 1. The van der Waals surface area contributed by atoms with Crippen molar-refractivity contribution in [2.75, 3.05) is 20.1 Å². The molecular formula is C20H24N2OS. The number of carbonyl (C=O) groups excluding carboxylic acids is 1. The highest BCUT2D eigenvalue weighted by molar-refractivity contribution is 7.07. The lowest BCUT2D eigenvalue weighted by atomic mass is 9.73. The molecule has 1 spiro atoms. The van der Waals surface area contributed by atoms with Crippen LogP contribution in [0.3, 0.4) is 0 Å². The summed E-state index contributed by atoms with van der Waals surface area (Å²) in [5.41, 5.74) is 3.87. The highest BCUT2D eigenvalue weighted by Crippen LogP contribution is 2.40. The third-order valence-corrected chi connectivity index (χ3v) is 6.39. The monoisotopic (exact) mass is 340 g/mol. The van der Waals surface area contributed by atoms with Gasteiger partial charge in [0.1, 0.15) is 0 Å². The summed E-state index contributed by atoms with van der Waals surface area (Å²) < 4.78 is 0. The van der Waals surface area contributed by atoms with Crippen LogP contribution in [0.1, 0.15) is 29.5 Å². The summed E-state index contributed by atoms with van der Waals surface area (Å²) in [5.74, 6) is 0.342. The van der Waals surface area contributed by atoms with E-state index in [2.05, 4.69) is 46.0 Å². The Kier molecular flexibility index (Phi) is 4.19. The molecule has 1 saturated heterocycles. The molecule has 4 heteroatoms. The molecule has 24 heavy (non-hydrogen) atoms. The molecular weight excluding hydrogens is 316 g/mol. The molecule has 0 saturated carbocycles.